The molecule has 0 radical (unpaired) electrons. The Kier molecular flexibility index (Phi) is 6.73. The van der Waals surface area contributed by atoms with Crippen LogP contribution in [0.2, 0.25) is 0 Å². The molecule has 1 aliphatic rings. The molecule has 38 heavy (non-hydrogen) atoms. The predicted molar refractivity (Wildman–Crippen MR) is 137 cm³/mol. The molecule has 8 nitrogen and oxygen atoms in total. The van der Waals surface area contributed by atoms with Gasteiger partial charge in [0, 0.05) is 36.0 Å². The Hall–Kier alpha value is -4.43. The van der Waals surface area contributed by atoms with Gasteiger partial charge in [0.25, 0.3) is 5.91 Å². The molecule has 1 unspecified atom stereocenters. The summed E-state index contributed by atoms with van der Waals surface area (Å²) in [6, 6.07) is 10.1. The normalized spacial score (nSPS) is 15.8. The van der Waals surface area contributed by atoms with Crippen molar-refractivity contribution in [2.24, 2.45) is 0 Å². The molecule has 1 amide bonds. The van der Waals surface area contributed by atoms with Crippen molar-refractivity contribution in [3.63, 3.8) is 0 Å². The van der Waals surface area contributed by atoms with E-state index in [2.05, 4.69) is 32.0 Å². The second kappa shape index (κ2) is 10.1. The first-order valence-corrected chi connectivity index (χ1v) is 11.9. The topological polar surface area (TPSA) is 101 Å². The summed E-state index contributed by atoms with van der Waals surface area (Å²) in [6.07, 6.45) is -0.929. The van der Waals surface area contributed by atoms with Gasteiger partial charge in [-0.2, -0.15) is 13.2 Å². The van der Waals surface area contributed by atoms with E-state index in [1.165, 1.54) is 0 Å². The van der Waals surface area contributed by atoms with E-state index < -0.39 is 17.6 Å². The number of benzene rings is 1. The quantitative estimate of drug-likeness (QED) is 0.378. The number of carbonyl (C=O) groups excluding carboxylic acids is 1. The number of rotatable bonds is 5. The van der Waals surface area contributed by atoms with Crippen LogP contribution >= 0.6 is 0 Å². The minimum Gasteiger partial charge on any atom is -0.369 e. The van der Waals surface area contributed by atoms with Gasteiger partial charge in [-0.05, 0) is 50.2 Å². The number of halogens is 3. The number of fused-ring (bicyclic) bond motifs is 1. The molecule has 3 aromatic heterocycles. The summed E-state index contributed by atoms with van der Waals surface area (Å²) in [5, 5.41) is 2.41. The Labute approximate surface area is 216 Å². The highest BCUT2D eigenvalue weighted by Crippen LogP contribution is 2.34. The smallest absolute Gasteiger partial charge is 0.369 e. The number of pyridine rings is 1. The van der Waals surface area contributed by atoms with Gasteiger partial charge in [-0.3, -0.25) is 14.1 Å². The molecule has 1 atom stereocenters. The van der Waals surface area contributed by atoms with Gasteiger partial charge in [0.2, 0.25) is 5.95 Å². The molecule has 5 rings (SSSR count). The second-order valence-electron chi connectivity index (χ2n) is 8.95. The lowest BCUT2D eigenvalue weighted by Gasteiger charge is -2.11. The Morgan fingerprint density at radius 1 is 1.16 bits per heavy atom. The van der Waals surface area contributed by atoms with Crippen molar-refractivity contribution in [3.8, 4) is 23.2 Å². The zero-order valence-corrected chi connectivity index (χ0v) is 20.5. The van der Waals surface area contributed by atoms with Crippen LogP contribution in [0.5, 0.6) is 0 Å². The average molecular weight is 520 g/mol. The molecule has 1 aromatic carbocycles. The number of hydrogen-bond donors (Lipinski definition) is 2. The van der Waals surface area contributed by atoms with Gasteiger partial charge >= 0.3 is 6.18 Å². The van der Waals surface area contributed by atoms with Crippen LogP contribution in [0.3, 0.4) is 0 Å². The number of amides is 1. The molecule has 4 aromatic rings. The molecule has 1 saturated heterocycles. The predicted octanol–water partition coefficient (Wildman–Crippen LogP) is 4.46. The molecule has 0 bridgehead atoms. The lowest BCUT2D eigenvalue weighted by atomic mass is 10.0. The average Bonchev–Trinajstić information content (AvgIpc) is 3.53. The minimum atomic E-state index is -4.53. The Morgan fingerprint density at radius 3 is 2.66 bits per heavy atom. The summed E-state index contributed by atoms with van der Waals surface area (Å²) < 4.78 is 40.7. The van der Waals surface area contributed by atoms with Crippen LogP contribution in [-0.2, 0) is 6.18 Å². The SMILES string of the molecule is CC#CCN1CCC(c2nc(-c3ccc(C(=O)Nc4cc(C(F)(F)F)ccn4)cc3)n3c(N)nccc23)C1. The summed E-state index contributed by atoms with van der Waals surface area (Å²) in [5.74, 6) is 6.37. The zero-order chi connectivity index (χ0) is 26.9. The number of anilines is 2. The van der Waals surface area contributed by atoms with Crippen LogP contribution in [0.25, 0.3) is 16.9 Å². The van der Waals surface area contributed by atoms with Gasteiger partial charge in [-0.25, -0.2) is 15.0 Å². The molecule has 194 valence electrons. The number of likely N-dealkylation sites (tertiary alicyclic amines) is 1. The fraction of sp³-hybridized carbons (Fsp3) is 0.259. The molecular weight excluding hydrogens is 495 g/mol. The maximum Gasteiger partial charge on any atom is 0.416 e. The lowest BCUT2D eigenvalue weighted by molar-refractivity contribution is -0.137. The fourth-order valence-electron chi connectivity index (χ4n) is 4.60. The molecule has 0 aliphatic carbocycles. The van der Waals surface area contributed by atoms with Crippen LogP contribution in [0.15, 0.2) is 54.9 Å². The molecule has 0 spiro atoms. The summed E-state index contributed by atoms with van der Waals surface area (Å²) in [6.45, 7) is 4.31. The van der Waals surface area contributed by atoms with Gasteiger partial charge in [0.05, 0.1) is 23.3 Å². The van der Waals surface area contributed by atoms with Gasteiger partial charge < -0.3 is 11.1 Å². The Bertz CT molecular complexity index is 1550. The number of carbonyl (C=O) groups is 1. The van der Waals surface area contributed by atoms with Gasteiger partial charge in [0.1, 0.15) is 11.6 Å². The second-order valence-corrected chi connectivity index (χ2v) is 8.95. The molecule has 11 heteroatoms. The largest absolute Gasteiger partial charge is 0.416 e. The Morgan fingerprint density at radius 2 is 1.92 bits per heavy atom. The fourth-order valence-corrected chi connectivity index (χ4v) is 4.60. The molecule has 1 fully saturated rings. The highest BCUT2D eigenvalue weighted by atomic mass is 19.4. The van der Waals surface area contributed by atoms with Crippen molar-refractivity contribution in [1.29, 1.82) is 0 Å². The van der Waals surface area contributed by atoms with Crippen molar-refractivity contribution in [2.75, 3.05) is 30.7 Å². The van der Waals surface area contributed by atoms with Crippen LogP contribution in [-0.4, -0.2) is 49.8 Å². The molecular formula is C27H24F3N7O. The first-order valence-electron chi connectivity index (χ1n) is 11.9. The summed E-state index contributed by atoms with van der Waals surface area (Å²) >= 11 is 0. The van der Waals surface area contributed by atoms with E-state index in [0.717, 1.165) is 55.6 Å². The van der Waals surface area contributed by atoms with E-state index in [9.17, 15) is 18.0 Å². The third-order valence-electron chi connectivity index (χ3n) is 6.48. The molecule has 4 heterocycles. The van der Waals surface area contributed by atoms with Crippen LogP contribution in [0.4, 0.5) is 24.9 Å². The number of nitrogen functional groups attached to an aromatic ring is 1. The number of nitrogens with zero attached hydrogens (tertiary/aromatic N) is 5. The van der Waals surface area contributed by atoms with Crippen molar-refractivity contribution >= 4 is 23.2 Å². The Balaban J connectivity index is 1.41. The number of nitrogens with one attached hydrogen (secondary N) is 1. The maximum absolute atomic E-state index is 13.0. The highest BCUT2D eigenvalue weighted by Gasteiger charge is 2.31. The standard InChI is InChI=1S/C27H24F3N7O/c1-2-3-13-36-14-10-19(16-36)23-21-9-12-33-26(31)37(21)24(35-23)17-4-6-18(7-5-17)25(38)34-22-15-20(8-11-32-22)27(28,29)30/h4-9,11-12,15,19H,10,13-14,16H2,1H3,(H2,31,33)(H,32,34,38). The molecule has 1 aliphatic heterocycles. The molecule has 0 saturated carbocycles. The number of nitrogens with two attached hydrogens (primary N) is 1. The van der Waals surface area contributed by atoms with Gasteiger partial charge in [-0.15, -0.1) is 5.92 Å². The number of aromatic nitrogens is 4. The summed E-state index contributed by atoms with van der Waals surface area (Å²) in [7, 11) is 0. The first kappa shape index (κ1) is 25.2. The highest BCUT2D eigenvalue weighted by molar-refractivity contribution is 6.04. The van der Waals surface area contributed by atoms with Crippen LogP contribution < -0.4 is 11.1 Å². The van der Waals surface area contributed by atoms with E-state index in [-0.39, 0.29) is 17.3 Å². The monoisotopic (exact) mass is 519 g/mol. The van der Waals surface area contributed by atoms with E-state index in [1.54, 1.807) is 34.9 Å². The van der Waals surface area contributed by atoms with E-state index in [4.69, 9.17) is 10.7 Å². The van der Waals surface area contributed by atoms with E-state index >= 15 is 0 Å². The first-order chi connectivity index (χ1) is 18.2. The summed E-state index contributed by atoms with van der Waals surface area (Å²) in [5.41, 5.74) is 8.11. The molecule has 3 N–H and O–H groups in total. The van der Waals surface area contributed by atoms with Crippen molar-refractivity contribution in [1.82, 2.24) is 24.3 Å². The third-order valence-corrected chi connectivity index (χ3v) is 6.48. The van der Waals surface area contributed by atoms with E-state index in [0.29, 0.717) is 17.3 Å². The van der Waals surface area contributed by atoms with E-state index in [1.807, 2.05) is 13.0 Å². The van der Waals surface area contributed by atoms with Crippen LogP contribution in [0, 0.1) is 11.8 Å². The van der Waals surface area contributed by atoms with Crippen molar-refractivity contribution in [2.45, 2.75) is 25.4 Å². The third kappa shape index (κ3) is 5.03. The zero-order valence-electron chi connectivity index (χ0n) is 20.5. The number of hydrogen-bond acceptors (Lipinski definition) is 6. The summed E-state index contributed by atoms with van der Waals surface area (Å²) in [4.78, 5) is 28.0. The van der Waals surface area contributed by atoms with Gasteiger partial charge in [-0.1, -0.05) is 18.1 Å². The maximum atomic E-state index is 13.0. The minimum absolute atomic E-state index is 0.188. The van der Waals surface area contributed by atoms with Crippen molar-refractivity contribution < 1.29 is 18.0 Å². The number of alkyl halides is 3. The van der Waals surface area contributed by atoms with Crippen molar-refractivity contribution in [3.05, 3.63) is 71.7 Å². The van der Waals surface area contributed by atoms with Crippen LogP contribution in [0.1, 0.15) is 40.9 Å². The lowest BCUT2D eigenvalue weighted by Crippen LogP contribution is -2.20. The number of imidazole rings is 1. The van der Waals surface area contributed by atoms with Gasteiger partial charge in [0.15, 0.2) is 0 Å².